The highest BCUT2D eigenvalue weighted by Gasteiger charge is 2.51. The molecule has 3 aliphatic carbocycles. The number of rotatable bonds is 5. The van der Waals surface area contributed by atoms with E-state index in [2.05, 4.69) is 0 Å². The zero-order valence-electron chi connectivity index (χ0n) is 18.9. The van der Waals surface area contributed by atoms with Crippen molar-refractivity contribution in [3.05, 3.63) is 0 Å². The molecule has 3 fully saturated rings. The Morgan fingerprint density at radius 2 is 1.13 bits per heavy atom. The molecule has 30 heavy (non-hydrogen) atoms. The number of Topliss-reactive ketones (excluding diaryl/α,β-unsaturated/α-hetero) is 5. The summed E-state index contributed by atoms with van der Waals surface area (Å²) in [5, 5.41) is 0. The number of carbonyl (C=O) groups excluding carboxylic acids is 5. The highest BCUT2D eigenvalue weighted by Crippen LogP contribution is 2.45. The Hall–Kier alpha value is -1.65. The second-order valence-electron chi connectivity index (χ2n) is 11.5. The molecule has 3 aliphatic rings. The van der Waals surface area contributed by atoms with Crippen molar-refractivity contribution in [2.45, 2.75) is 91.9 Å². The van der Waals surface area contributed by atoms with Gasteiger partial charge in [-0.1, -0.05) is 34.1 Å². The lowest BCUT2D eigenvalue weighted by Crippen LogP contribution is -2.49. The fourth-order valence-electron chi connectivity index (χ4n) is 6.05. The maximum absolute atomic E-state index is 13.1. The molecular formula is C25H36O5. The van der Waals surface area contributed by atoms with Crippen molar-refractivity contribution in [1.82, 2.24) is 0 Å². The van der Waals surface area contributed by atoms with E-state index >= 15 is 0 Å². The van der Waals surface area contributed by atoms with Crippen LogP contribution >= 0.6 is 0 Å². The lowest BCUT2D eigenvalue weighted by molar-refractivity contribution is -0.148. The van der Waals surface area contributed by atoms with Gasteiger partial charge in [-0.15, -0.1) is 0 Å². The summed E-state index contributed by atoms with van der Waals surface area (Å²) in [6, 6.07) is 0. The summed E-state index contributed by atoms with van der Waals surface area (Å²) < 4.78 is 0. The van der Waals surface area contributed by atoms with Crippen LogP contribution in [0.1, 0.15) is 91.9 Å². The van der Waals surface area contributed by atoms with Crippen molar-refractivity contribution in [2.24, 2.45) is 34.5 Å². The summed E-state index contributed by atoms with van der Waals surface area (Å²) in [6.45, 7) is 7.64. The Balaban J connectivity index is 1.87. The van der Waals surface area contributed by atoms with Gasteiger partial charge in [0.1, 0.15) is 28.9 Å². The third-order valence-electron chi connectivity index (χ3n) is 7.38. The van der Waals surface area contributed by atoms with Gasteiger partial charge in [0.05, 0.1) is 11.8 Å². The molecule has 0 saturated heterocycles. The van der Waals surface area contributed by atoms with E-state index in [1.54, 1.807) is 0 Å². The molecule has 5 heteroatoms. The molecule has 0 aliphatic heterocycles. The zero-order chi connectivity index (χ0) is 22.3. The molecule has 166 valence electrons. The first-order valence-electron chi connectivity index (χ1n) is 11.5. The molecule has 0 radical (unpaired) electrons. The van der Waals surface area contributed by atoms with Crippen LogP contribution in [0.4, 0.5) is 0 Å². The van der Waals surface area contributed by atoms with Gasteiger partial charge >= 0.3 is 0 Å². The molecule has 3 rings (SSSR count). The summed E-state index contributed by atoms with van der Waals surface area (Å²) in [5.74, 6) is -2.73. The van der Waals surface area contributed by atoms with E-state index in [4.69, 9.17) is 0 Å². The largest absolute Gasteiger partial charge is 0.299 e. The molecule has 0 aromatic carbocycles. The standard InChI is InChI=1S/C25H36O5/c1-24(2)11-18(27)22(19(28)12-24)16(10-9-15-7-5-6-8-17(15)26)23-20(29)13-25(3,4)14-21(23)30/h15-16,22-23H,5-14H2,1-4H3/t15-/m1/s1. The van der Waals surface area contributed by atoms with Gasteiger partial charge in [-0.3, -0.25) is 24.0 Å². The Bertz CT molecular complexity index is 672. The van der Waals surface area contributed by atoms with Crippen molar-refractivity contribution >= 4 is 28.9 Å². The topological polar surface area (TPSA) is 85.3 Å². The van der Waals surface area contributed by atoms with E-state index in [0.717, 1.165) is 19.3 Å². The predicted molar refractivity (Wildman–Crippen MR) is 113 cm³/mol. The maximum atomic E-state index is 13.1. The Morgan fingerprint density at radius 3 is 1.53 bits per heavy atom. The van der Waals surface area contributed by atoms with Gasteiger partial charge in [-0.05, 0) is 42.4 Å². The molecule has 0 heterocycles. The van der Waals surface area contributed by atoms with Gasteiger partial charge in [0.15, 0.2) is 0 Å². The minimum Gasteiger partial charge on any atom is -0.299 e. The van der Waals surface area contributed by atoms with Crippen molar-refractivity contribution in [1.29, 1.82) is 0 Å². The second kappa shape index (κ2) is 8.47. The number of hydrogen-bond donors (Lipinski definition) is 0. The Kier molecular flexibility index (Phi) is 6.50. The van der Waals surface area contributed by atoms with Gasteiger partial charge in [0.2, 0.25) is 0 Å². The molecule has 0 spiro atoms. The first-order chi connectivity index (χ1) is 13.9. The van der Waals surface area contributed by atoms with Crippen LogP contribution in [0.5, 0.6) is 0 Å². The van der Waals surface area contributed by atoms with E-state index in [9.17, 15) is 24.0 Å². The summed E-state index contributed by atoms with van der Waals surface area (Å²) in [7, 11) is 0. The highest BCUT2D eigenvalue weighted by atomic mass is 16.2. The van der Waals surface area contributed by atoms with E-state index in [-0.39, 0.29) is 45.7 Å². The number of hydrogen-bond acceptors (Lipinski definition) is 5. The smallest absolute Gasteiger partial charge is 0.144 e. The monoisotopic (exact) mass is 416 g/mol. The Morgan fingerprint density at radius 1 is 0.700 bits per heavy atom. The maximum Gasteiger partial charge on any atom is 0.144 e. The molecule has 1 atom stereocenters. The SMILES string of the molecule is CC1(C)CC(=O)C(C(CC[C@H]2CCCCC2=O)C2C(=O)CC(C)(C)CC2=O)C(=O)C1. The molecule has 0 unspecified atom stereocenters. The quantitative estimate of drug-likeness (QED) is 0.624. The van der Waals surface area contributed by atoms with Crippen LogP contribution < -0.4 is 0 Å². The molecule has 0 aromatic rings. The van der Waals surface area contributed by atoms with Crippen LogP contribution in [0.3, 0.4) is 0 Å². The van der Waals surface area contributed by atoms with Crippen LogP contribution in [0.2, 0.25) is 0 Å². The van der Waals surface area contributed by atoms with Gasteiger partial charge in [0, 0.05) is 38.0 Å². The first kappa shape index (κ1) is 23.0. The summed E-state index contributed by atoms with van der Waals surface area (Å²) in [6.07, 6.45) is 5.49. The average Bonchev–Trinajstić information content (AvgIpc) is 2.56. The van der Waals surface area contributed by atoms with Gasteiger partial charge < -0.3 is 0 Å². The molecular weight excluding hydrogens is 380 g/mol. The second-order valence-corrected chi connectivity index (χ2v) is 11.5. The van der Waals surface area contributed by atoms with Crippen LogP contribution in [-0.4, -0.2) is 28.9 Å². The first-order valence-corrected chi connectivity index (χ1v) is 11.5. The highest BCUT2D eigenvalue weighted by molar-refractivity contribution is 6.09. The number of carbonyl (C=O) groups is 5. The van der Waals surface area contributed by atoms with Crippen LogP contribution in [0.15, 0.2) is 0 Å². The lowest BCUT2D eigenvalue weighted by Gasteiger charge is -2.41. The summed E-state index contributed by atoms with van der Waals surface area (Å²) in [5.41, 5.74) is -0.756. The third kappa shape index (κ3) is 4.97. The fraction of sp³-hybridized carbons (Fsp3) is 0.800. The molecule has 0 bridgehead atoms. The Labute approximate surface area is 179 Å². The zero-order valence-corrected chi connectivity index (χ0v) is 18.9. The van der Waals surface area contributed by atoms with E-state index < -0.39 is 17.8 Å². The van der Waals surface area contributed by atoms with Crippen LogP contribution in [0, 0.1) is 34.5 Å². The minimum atomic E-state index is -0.879. The molecule has 0 N–H and O–H groups in total. The van der Waals surface area contributed by atoms with Crippen molar-refractivity contribution in [3.8, 4) is 0 Å². The predicted octanol–water partition coefficient (Wildman–Crippen LogP) is 4.29. The van der Waals surface area contributed by atoms with Crippen LogP contribution in [0.25, 0.3) is 0 Å². The van der Waals surface area contributed by atoms with Gasteiger partial charge in [-0.25, -0.2) is 0 Å². The van der Waals surface area contributed by atoms with Gasteiger partial charge in [0.25, 0.3) is 0 Å². The van der Waals surface area contributed by atoms with E-state index in [1.165, 1.54) is 0 Å². The van der Waals surface area contributed by atoms with Gasteiger partial charge in [-0.2, -0.15) is 0 Å². The average molecular weight is 417 g/mol. The normalized spacial score (nSPS) is 28.4. The summed E-state index contributed by atoms with van der Waals surface area (Å²) in [4.78, 5) is 64.5. The van der Waals surface area contributed by atoms with E-state index in [1.807, 2.05) is 27.7 Å². The minimum absolute atomic E-state index is 0.0725. The van der Waals surface area contributed by atoms with Crippen molar-refractivity contribution < 1.29 is 24.0 Å². The molecule has 0 amide bonds. The van der Waals surface area contributed by atoms with Crippen LogP contribution in [-0.2, 0) is 24.0 Å². The van der Waals surface area contributed by atoms with Crippen molar-refractivity contribution in [2.75, 3.05) is 0 Å². The number of ketones is 5. The molecule has 3 saturated carbocycles. The molecule has 5 nitrogen and oxygen atoms in total. The summed E-state index contributed by atoms with van der Waals surface area (Å²) >= 11 is 0. The lowest BCUT2D eigenvalue weighted by atomic mass is 9.59. The fourth-order valence-corrected chi connectivity index (χ4v) is 6.05. The third-order valence-corrected chi connectivity index (χ3v) is 7.38. The van der Waals surface area contributed by atoms with E-state index in [0.29, 0.717) is 44.9 Å². The van der Waals surface area contributed by atoms with Crippen molar-refractivity contribution in [3.63, 3.8) is 0 Å². The molecule has 0 aromatic heterocycles.